The highest BCUT2D eigenvalue weighted by Gasteiger charge is 2.25. The van der Waals surface area contributed by atoms with Crippen molar-refractivity contribution in [1.29, 1.82) is 0 Å². The molecule has 1 aromatic heterocycles. The van der Waals surface area contributed by atoms with Gasteiger partial charge in [0.15, 0.2) is 0 Å². The number of anilines is 1. The van der Waals surface area contributed by atoms with Gasteiger partial charge in [-0.05, 0) is 25.0 Å². The molecular weight excluding hydrogens is 233 g/mol. The molecule has 0 radical (unpaired) electrons. The Labute approximate surface area is 103 Å². The summed E-state index contributed by atoms with van der Waals surface area (Å²) in [5.41, 5.74) is 6.28. The molecule has 0 atom stereocenters. The summed E-state index contributed by atoms with van der Waals surface area (Å²) in [5, 5.41) is 0. The van der Waals surface area contributed by atoms with Gasteiger partial charge >= 0.3 is 5.69 Å². The predicted molar refractivity (Wildman–Crippen MR) is 66.9 cm³/mol. The van der Waals surface area contributed by atoms with Crippen molar-refractivity contribution in [3.8, 4) is 0 Å². The van der Waals surface area contributed by atoms with Crippen LogP contribution in [0.1, 0.15) is 24.4 Å². The first kappa shape index (κ1) is 11.1. The molecule has 1 aliphatic carbocycles. The quantitative estimate of drug-likeness (QED) is 0.840. The third-order valence-electron chi connectivity index (χ3n) is 3.23. The Balaban J connectivity index is 1.90. The van der Waals surface area contributed by atoms with Gasteiger partial charge in [0.1, 0.15) is 5.82 Å². The zero-order valence-electron chi connectivity index (χ0n) is 9.84. The van der Waals surface area contributed by atoms with Gasteiger partial charge in [0.2, 0.25) is 0 Å². The van der Waals surface area contributed by atoms with Crippen molar-refractivity contribution in [3.05, 3.63) is 52.5 Å². The number of benzene rings is 1. The first-order valence-corrected chi connectivity index (χ1v) is 5.96. The molecule has 1 fully saturated rings. The first-order chi connectivity index (χ1) is 8.65. The number of rotatable bonds is 3. The van der Waals surface area contributed by atoms with Crippen LogP contribution >= 0.6 is 0 Å². The van der Waals surface area contributed by atoms with E-state index in [0.29, 0.717) is 17.3 Å². The molecule has 0 unspecified atom stereocenters. The highest BCUT2D eigenvalue weighted by atomic mass is 19.1. The van der Waals surface area contributed by atoms with Crippen molar-refractivity contribution in [2.45, 2.75) is 25.4 Å². The monoisotopic (exact) mass is 247 g/mol. The maximum atomic E-state index is 13.6. The smallest absolute Gasteiger partial charge is 0.328 e. The van der Waals surface area contributed by atoms with Gasteiger partial charge in [0.05, 0.1) is 6.54 Å². The Kier molecular flexibility index (Phi) is 2.47. The van der Waals surface area contributed by atoms with Gasteiger partial charge in [-0.2, -0.15) is 0 Å². The fourth-order valence-electron chi connectivity index (χ4n) is 2.05. The lowest BCUT2D eigenvalue weighted by molar-refractivity contribution is 0.590. The number of hydrogen-bond acceptors (Lipinski definition) is 2. The molecule has 18 heavy (non-hydrogen) atoms. The molecule has 5 heteroatoms. The maximum absolute atomic E-state index is 13.6. The van der Waals surface area contributed by atoms with Crippen LogP contribution in [0.2, 0.25) is 0 Å². The van der Waals surface area contributed by atoms with Gasteiger partial charge in [-0.3, -0.25) is 9.13 Å². The highest BCUT2D eigenvalue weighted by molar-refractivity contribution is 5.40. The minimum atomic E-state index is -0.374. The number of nitrogens with two attached hydrogens (primary N) is 1. The maximum Gasteiger partial charge on any atom is 0.328 e. The molecule has 4 nitrogen and oxygen atoms in total. The summed E-state index contributed by atoms with van der Waals surface area (Å²) in [6.45, 7) is 0.241. The lowest BCUT2D eigenvalue weighted by Gasteiger charge is -2.04. The lowest BCUT2D eigenvalue weighted by Crippen LogP contribution is -2.24. The number of nitrogen functional groups attached to an aromatic ring is 1. The molecule has 94 valence electrons. The Morgan fingerprint density at radius 1 is 1.33 bits per heavy atom. The number of hydrogen-bond donors (Lipinski definition) is 1. The van der Waals surface area contributed by atoms with Crippen LogP contribution in [0.5, 0.6) is 0 Å². The second-order valence-corrected chi connectivity index (χ2v) is 4.70. The SMILES string of the molecule is Nc1ccc(Cn2ccn(C3CC3)c2=O)c(F)c1. The van der Waals surface area contributed by atoms with Gasteiger partial charge < -0.3 is 5.73 Å². The molecule has 0 saturated heterocycles. The molecule has 1 heterocycles. The van der Waals surface area contributed by atoms with Crippen molar-refractivity contribution >= 4 is 5.69 Å². The molecule has 1 aliphatic rings. The van der Waals surface area contributed by atoms with E-state index in [1.807, 2.05) is 0 Å². The zero-order valence-corrected chi connectivity index (χ0v) is 9.84. The number of nitrogens with zero attached hydrogens (tertiary/aromatic N) is 2. The van der Waals surface area contributed by atoms with E-state index in [-0.39, 0.29) is 18.1 Å². The molecule has 1 saturated carbocycles. The van der Waals surface area contributed by atoms with Crippen molar-refractivity contribution < 1.29 is 4.39 Å². The molecule has 0 amide bonds. The standard InChI is InChI=1S/C13H14FN3O/c14-12-7-10(15)2-1-9(12)8-16-5-6-17(13(16)18)11-3-4-11/h1-2,5-7,11H,3-4,8,15H2. The first-order valence-electron chi connectivity index (χ1n) is 5.96. The van der Waals surface area contributed by atoms with Gasteiger partial charge in [0.25, 0.3) is 0 Å². The number of aromatic nitrogens is 2. The van der Waals surface area contributed by atoms with E-state index in [0.717, 1.165) is 12.8 Å². The highest BCUT2D eigenvalue weighted by Crippen LogP contribution is 2.33. The average molecular weight is 247 g/mol. The largest absolute Gasteiger partial charge is 0.399 e. The Hall–Kier alpha value is -2.04. The van der Waals surface area contributed by atoms with Crippen molar-refractivity contribution in [2.75, 3.05) is 5.73 Å². The third-order valence-corrected chi connectivity index (χ3v) is 3.23. The summed E-state index contributed by atoms with van der Waals surface area (Å²) in [6, 6.07) is 4.88. The summed E-state index contributed by atoms with van der Waals surface area (Å²) in [6.07, 6.45) is 5.59. The summed E-state index contributed by atoms with van der Waals surface area (Å²) in [5.74, 6) is -0.374. The molecule has 2 aromatic rings. The fourth-order valence-corrected chi connectivity index (χ4v) is 2.05. The van der Waals surface area contributed by atoms with E-state index >= 15 is 0 Å². The third kappa shape index (κ3) is 1.92. The zero-order chi connectivity index (χ0) is 12.7. The van der Waals surface area contributed by atoms with Crippen LogP contribution in [0.25, 0.3) is 0 Å². The van der Waals surface area contributed by atoms with Crippen LogP contribution in [-0.4, -0.2) is 9.13 Å². The van der Waals surface area contributed by atoms with E-state index < -0.39 is 0 Å². The van der Waals surface area contributed by atoms with Crippen molar-refractivity contribution in [1.82, 2.24) is 9.13 Å². The van der Waals surface area contributed by atoms with Crippen LogP contribution in [0.4, 0.5) is 10.1 Å². The van der Waals surface area contributed by atoms with Gasteiger partial charge in [-0.1, -0.05) is 6.07 Å². The topological polar surface area (TPSA) is 52.9 Å². The summed E-state index contributed by atoms with van der Waals surface area (Å²) >= 11 is 0. The Morgan fingerprint density at radius 3 is 2.78 bits per heavy atom. The van der Waals surface area contributed by atoms with Gasteiger partial charge in [-0.25, -0.2) is 9.18 Å². The average Bonchev–Trinajstić information content (AvgIpc) is 3.10. The van der Waals surface area contributed by atoms with Crippen LogP contribution in [-0.2, 0) is 6.54 Å². The van der Waals surface area contributed by atoms with Crippen molar-refractivity contribution in [2.24, 2.45) is 0 Å². The van der Waals surface area contributed by atoms with Crippen LogP contribution in [0, 0.1) is 5.82 Å². The fraction of sp³-hybridized carbons (Fsp3) is 0.308. The second kappa shape index (κ2) is 4.01. The minimum Gasteiger partial charge on any atom is -0.399 e. The van der Waals surface area contributed by atoms with Crippen LogP contribution < -0.4 is 11.4 Å². The predicted octanol–water partition coefficient (Wildman–Crippen LogP) is 1.75. The Morgan fingerprint density at radius 2 is 2.11 bits per heavy atom. The number of imidazole rings is 1. The van der Waals surface area contributed by atoms with E-state index in [9.17, 15) is 9.18 Å². The molecular formula is C13H14FN3O. The minimum absolute atomic E-state index is 0.0753. The summed E-state index contributed by atoms with van der Waals surface area (Å²) in [7, 11) is 0. The molecule has 0 bridgehead atoms. The summed E-state index contributed by atoms with van der Waals surface area (Å²) < 4.78 is 16.9. The molecule has 1 aromatic carbocycles. The molecule has 3 rings (SSSR count). The van der Waals surface area contributed by atoms with Gasteiger partial charge in [-0.15, -0.1) is 0 Å². The van der Waals surface area contributed by atoms with Gasteiger partial charge in [0, 0.05) is 29.7 Å². The summed E-state index contributed by atoms with van der Waals surface area (Å²) in [4.78, 5) is 12.0. The van der Waals surface area contributed by atoms with E-state index in [1.54, 1.807) is 29.1 Å². The molecule has 0 spiro atoms. The molecule has 2 N–H and O–H groups in total. The van der Waals surface area contributed by atoms with Crippen molar-refractivity contribution in [3.63, 3.8) is 0 Å². The second-order valence-electron chi connectivity index (χ2n) is 4.70. The number of halogens is 1. The molecule has 0 aliphatic heterocycles. The van der Waals surface area contributed by atoms with E-state index in [4.69, 9.17) is 5.73 Å². The lowest BCUT2D eigenvalue weighted by atomic mass is 10.2. The normalized spacial score (nSPS) is 14.9. The van der Waals surface area contributed by atoms with E-state index in [1.165, 1.54) is 10.6 Å². The van der Waals surface area contributed by atoms with Crippen LogP contribution in [0.3, 0.4) is 0 Å². The van der Waals surface area contributed by atoms with E-state index in [2.05, 4.69) is 0 Å². The van der Waals surface area contributed by atoms with Crippen LogP contribution in [0.15, 0.2) is 35.4 Å². The Bertz CT molecular complexity index is 640.